The van der Waals surface area contributed by atoms with E-state index in [1.54, 1.807) is 20.2 Å². The van der Waals surface area contributed by atoms with E-state index in [4.69, 9.17) is 11.6 Å². The average Bonchev–Trinajstić information content (AvgIpc) is 2.52. The average molecular weight is 383 g/mol. The Bertz CT molecular complexity index is 686. The summed E-state index contributed by atoms with van der Waals surface area (Å²) in [5.41, 5.74) is 1.40. The number of amides is 1. The zero-order valence-corrected chi connectivity index (χ0v) is 16.9. The van der Waals surface area contributed by atoms with Crippen LogP contribution in [0.1, 0.15) is 26.3 Å². The van der Waals surface area contributed by atoms with Gasteiger partial charge in [0.2, 0.25) is 5.91 Å². The molecule has 7 heteroatoms. The summed E-state index contributed by atoms with van der Waals surface area (Å²) < 4.78 is 13.3. The molecule has 2 N–H and O–H groups in total. The lowest BCUT2D eigenvalue weighted by atomic mass is 9.84. The van der Waals surface area contributed by atoms with Crippen LogP contribution in [0.15, 0.2) is 35.3 Å². The highest BCUT2D eigenvalue weighted by molar-refractivity contribution is 6.31. The Morgan fingerprint density at radius 2 is 2.00 bits per heavy atom. The monoisotopic (exact) mass is 382 g/mol. The maximum atomic E-state index is 13.3. The summed E-state index contributed by atoms with van der Waals surface area (Å²) in [5.74, 6) is 0.0480. The third kappa shape index (κ3) is 7.04. The van der Waals surface area contributed by atoms with Gasteiger partial charge in [0.15, 0.2) is 5.96 Å². The molecule has 0 aromatic heterocycles. The highest BCUT2D eigenvalue weighted by atomic mass is 35.5. The topological polar surface area (TPSA) is 56.7 Å². The van der Waals surface area contributed by atoms with E-state index in [9.17, 15) is 9.18 Å². The van der Waals surface area contributed by atoms with Crippen molar-refractivity contribution in [3.05, 3.63) is 46.8 Å². The van der Waals surface area contributed by atoms with Crippen LogP contribution in [0.2, 0.25) is 5.02 Å². The fraction of sp³-hybridized carbons (Fsp3) is 0.474. The SMILES string of the molecule is C=C(C)CNC(=NCC(=O)N(C)C)NCC(C)(C)c1ccc(F)cc1Cl. The molecule has 144 valence electrons. The molecule has 0 bridgehead atoms. The summed E-state index contributed by atoms with van der Waals surface area (Å²) in [4.78, 5) is 17.6. The number of guanidine groups is 1. The van der Waals surface area contributed by atoms with E-state index in [0.29, 0.717) is 24.1 Å². The minimum Gasteiger partial charge on any atom is -0.356 e. The van der Waals surface area contributed by atoms with Crippen molar-refractivity contribution in [2.45, 2.75) is 26.2 Å². The molecular formula is C19H28ClFN4O. The number of aliphatic imine (C=N–C) groups is 1. The van der Waals surface area contributed by atoms with E-state index in [0.717, 1.165) is 11.1 Å². The number of carbonyl (C=O) groups is 1. The molecule has 0 heterocycles. The van der Waals surface area contributed by atoms with Crippen LogP contribution >= 0.6 is 11.6 Å². The van der Waals surface area contributed by atoms with Crippen molar-refractivity contribution < 1.29 is 9.18 Å². The van der Waals surface area contributed by atoms with Gasteiger partial charge in [-0.05, 0) is 24.6 Å². The van der Waals surface area contributed by atoms with Crippen LogP contribution < -0.4 is 10.6 Å². The number of likely N-dealkylation sites (N-methyl/N-ethyl adjacent to an activating group) is 1. The Balaban J connectivity index is 2.87. The van der Waals surface area contributed by atoms with Crippen molar-refractivity contribution in [3.8, 4) is 0 Å². The smallest absolute Gasteiger partial charge is 0.243 e. The van der Waals surface area contributed by atoms with Crippen LogP contribution in [0, 0.1) is 5.82 Å². The van der Waals surface area contributed by atoms with Gasteiger partial charge in [0.25, 0.3) is 0 Å². The second-order valence-electron chi connectivity index (χ2n) is 7.13. The van der Waals surface area contributed by atoms with E-state index < -0.39 is 0 Å². The molecule has 0 fully saturated rings. The molecule has 1 amide bonds. The zero-order valence-electron chi connectivity index (χ0n) is 16.1. The maximum absolute atomic E-state index is 13.3. The van der Waals surface area contributed by atoms with Crippen LogP contribution in [-0.2, 0) is 10.2 Å². The lowest BCUT2D eigenvalue weighted by Gasteiger charge is -2.28. The summed E-state index contributed by atoms with van der Waals surface area (Å²) in [7, 11) is 3.37. The molecule has 5 nitrogen and oxygen atoms in total. The second kappa shape index (κ2) is 9.57. The van der Waals surface area contributed by atoms with E-state index >= 15 is 0 Å². The minimum atomic E-state index is -0.373. The molecule has 0 spiro atoms. The van der Waals surface area contributed by atoms with Crippen molar-refractivity contribution in [1.82, 2.24) is 15.5 Å². The number of halogens is 2. The van der Waals surface area contributed by atoms with Gasteiger partial charge in [-0.25, -0.2) is 9.38 Å². The molecular weight excluding hydrogens is 355 g/mol. The van der Waals surface area contributed by atoms with Gasteiger partial charge in [0.1, 0.15) is 12.4 Å². The van der Waals surface area contributed by atoms with Crippen molar-refractivity contribution in [3.63, 3.8) is 0 Å². The molecule has 1 rings (SSSR count). The van der Waals surface area contributed by atoms with Gasteiger partial charge in [-0.2, -0.15) is 0 Å². The second-order valence-corrected chi connectivity index (χ2v) is 7.53. The normalized spacial score (nSPS) is 11.9. The summed E-state index contributed by atoms with van der Waals surface area (Å²) >= 11 is 6.19. The Morgan fingerprint density at radius 1 is 1.35 bits per heavy atom. The number of hydrogen-bond acceptors (Lipinski definition) is 2. The van der Waals surface area contributed by atoms with Crippen molar-refractivity contribution in [1.29, 1.82) is 0 Å². The van der Waals surface area contributed by atoms with Crippen LogP contribution in [-0.4, -0.2) is 50.5 Å². The summed E-state index contributed by atoms with van der Waals surface area (Å²) in [6.07, 6.45) is 0. The Labute approximate surface area is 160 Å². The minimum absolute atomic E-state index is 0.0380. The van der Waals surface area contributed by atoms with Gasteiger partial charge in [-0.15, -0.1) is 0 Å². The number of carbonyl (C=O) groups excluding carboxylic acids is 1. The molecule has 1 aromatic rings. The third-order valence-corrected chi connectivity index (χ3v) is 4.10. The Kier molecular flexibility index (Phi) is 8.08. The highest BCUT2D eigenvalue weighted by Crippen LogP contribution is 2.29. The first-order chi connectivity index (χ1) is 12.0. The largest absolute Gasteiger partial charge is 0.356 e. The van der Waals surface area contributed by atoms with E-state index in [-0.39, 0.29) is 23.7 Å². The van der Waals surface area contributed by atoms with Gasteiger partial charge in [0, 0.05) is 37.6 Å². The van der Waals surface area contributed by atoms with E-state index in [1.807, 2.05) is 20.8 Å². The third-order valence-electron chi connectivity index (χ3n) is 3.79. The molecule has 0 unspecified atom stereocenters. The quantitative estimate of drug-likeness (QED) is 0.433. The number of benzene rings is 1. The predicted octanol–water partition coefficient (Wildman–Crippen LogP) is 2.96. The van der Waals surface area contributed by atoms with Gasteiger partial charge in [-0.3, -0.25) is 4.79 Å². The fourth-order valence-corrected chi connectivity index (χ4v) is 2.56. The molecule has 0 atom stereocenters. The highest BCUT2D eigenvalue weighted by Gasteiger charge is 2.24. The van der Waals surface area contributed by atoms with Gasteiger partial charge in [0.05, 0.1) is 0 Å². The van der Waals surface area contributed by atoms with Crippen LogP contribution in [0.5, 0.6) is 0 Å². The first-order valence-electron chi connectivity index (χ1n) is 8.35. The summed E-state index contributed by atoms with van der Waals surface area (Å²) in [6, 6.07) is 4.39. The lowest BCUT2D eigenvalue weighted by Crippen LogP contribution is -2.44. The lowest BCUT2D eigenvalue weighted by molar-refractivity contribution is -0.127. The van der Waals surface area contributed by atoms with Crippen molar-refractivity contribution in [2.24, 2.45) is 4.99 Å². The van der Waals surface area contributed by atoms with Gasteiger partial charge >= 0.3 is 0 Å². The molecule has 0 aliphatic rings. The fourth-order valence-electron chi connectivity index (χ4n) is 2.14. The first kappa shape index (κ1) is 22.0. The van der Waals surface area contributed by atoms with E-state index in [2.05, 4.69) is 22.2 Å². The molecule has 0 saturated carbocycles. The number of rotatable bonds is 7. The van der Waals surface area contributed by atoms with Crippen molar-refractivity contribution in [2.75, 3.05) is 33.7 Å². The molecule has 26 heavy (non-hydrogen) atoms. The number of nitrogens with one attached hydrogen (secondary N) is 2. The standard InChI is InChI=1S/C19H28ClFN4O/c1-13(2)10-22-18(23-11-17(26)25(5)6)24-12-19(3,4)15-8-7-14(21)9-16(15)20/h7-9H,1,10-12H2,2-6H3,(H2,22,23,24). The maximum Gasteiger partial charge on any atom is 0.243 e. The number of nitrogens with zero attached hydrogens (tertiary/aromatic N) is 2. The van der Waals surface area contributed by atoms with Gasteiger partial charge < -0.3 is 15.5 Å². The van der Waals surface area contributed by atoms with Crippen LogP contribution in [0.3, 0.4) is 0 Å². The number of hydrogen-bond donors (Lipinski definition) is 2. The Hall–Kier alpha value is -2.08. The predicted molar refractivity (Wildman–Crippen MR) is 106 cm³/mol. The zero-order chi connectivity index (χ0) is 19.9. The summed E-state index contributed by atoms with van der Waals surface area (Å²) in [6.45, 7) is 10.8. The first-order valence-corrected chi connectivity index (χ1v) is 8.73. The van der Waals surface area contributed by atoms with Crippen LogP contribution in [0.25, 0.3) is 0 Å². The molecule has 0 saturated heterocycles. The summed E-state index contributed by atoms with van der Waals surface area (Å²) in [5, 5.41) is 6.74. The molecule has 0 aliphatic heterocycles. The van der Waals surface area contributed by atoms with Gasteiger partial charge in [-0.1, -0.05) is 43.7 Å². The Morgan fingerprint density at radius 3 is 2.54 bits per heavy atom. The molecule has 0 aliphatic carbocycles. The van der Waals surface area contributed by atoms with E-state index in [1.165, 1.54) is 17.0 Å². The van der Waals surface area contributed by atoms with Crippen LogP contribution in [0.4, 0.5) is 4.39 Å². The van der Waals surface area contributed by atoms with Crippen molar-refractivity contribution >= 4 is 23.5 Å². The molecule has 1 aromatic carbocycles. The molecule has 0 radical (unpaired) electrons.